The van der Waals surface area contributed by atoms with Gasteiger partial charge in [-0.25, -0.2) is 19.3 Å². The van der Waals surface area contributed by atoms with Gasteiger partial charge < -0.3 is 26.1 Å². The number of benzene rings is 1. The number of hydrogen-bond acceptors (Lipinski definition) is 8. The van der Waals surface area contributed by atoms with Crippen LogP contribution in [-0.4, -0.2) is 52.4 Å². The van der Waals surface area contributed by atoms with Gasteiger partial charge in [0.25, 0.3) is 0 Å². The molecule has 0 aliphatic carbocycles. The molecule has 0 bridgehead atoms. The molecule has 1 saturated heterocycles. The molecule has 4 aromatic rings. The standard InChI is InChI=1S/C23H23FN8O/c1-3-27-17-5-14(24)4-15-19-21(31-18-11-26-7-12(18)6-25)16(10-28-22(19)32-20(15)17)13-8-29-23(33-2)30-9-13/h4-6,8-10,26-27H,3,7,11,25H2,1-2H3,(H,28,32)/b12-6-,31-18?. The zero-order valence-electron chi connectivity index (χ0n) is 18.2. The summed E-state index contributed by atoms with van der Waals surface area (Å²) in [4.78, 5) is 21.4. The van der Waals surface area contributed by atoms with Gasteiger partial charge in [0.15, 0.2) is 0 Å². The van der Waals surface area contributed by atoms with Crippen molar-refractivity contribution in [2.75, 3.05) is 32.1 Å². The van der Waals surface area contributed by atoms with Gasteiger partial charge in [-0.1, -0.05) is 0 Å². The highest BCUT2D eigenvalue weighted by Gasteiger charge is 2.21. The summed E-state index contributed by atoms with van der Waals surface area (Å²) in [5, 5.41) is 7.89. The zero-order chi connectivity index (χ0) is 22.9. The van der Waals surface area contributed by atoms with Crippen LogP contribution >= 0.6 is 0 Å². The van der Waals surface area contributed by atoms with Crippen LogP contribution in [0, 0.1) is 5.82 Å². The van der Waals surface area contributed by atoms with E-state index in [4.69, 9.17) is 15.5 Å². The third-order valence-corrected chi connectivity index (χ3v) is 5.58. The van der Waals surface area contributed by atoms with Gasteiger partial charge in [0, 0.05) is 66.5 Å². The number of nitrogens with two attached hydrogens (primary N) is 1. The average molecular weight is 446 g/mol. The van der Waals surface area contributed by atoms with Crippen LogP contribution in [0.15, 0.2) is 47.5 Å². The second-order valence-corrected chi connectivity index (χ2v) is 7.59. The summed E-state index contributed by atoms with van der Waals surface area (Å²) < 4.78 is 19.7. The number of aromatic nitrogens is 4. The summed E-state index contributed by atoms with van der Waals surface area (Å²) in [6.07, 6.45) is 6.60. The molecule has 1 fully saturated rings. The highest BCUT2D eigenvalue weighted by molar-refractivity contribution is 6.18. The number of methoxy groups -OCH3 is 1. The Morgan fingerprint density at radius 1 is 1.21 bits per heavy atom. The van der Waals surface area contributed by atoms with Crippen molar-refractivity contribution < 1.29 is 9.13 Å². The van der Waals surface area contributed by atoms with Crippen molar-refractivity contribution in [2.45, 2.75) is 6.92 Å². The van der Waals surface area contributed by atoms with Gasteiger partial charge in [0.1, 0.15) is 11.5 Å². The van der Waals surface area contributed by atoms with Crippen molar-refractivity contribution in [2.24, 2.45) is 10.7 Å². The first-order chi connectivity index (χ1) is 16.1. The molecule has 5 N–H and O–H groups in total. The first kappa shape index (κ1) is 20.8. The lowest BCUT2D eigenvalue weighted by Gasteiger charge is -2.09. The number of aliphatic imine (C=N–C) groups is 1. The third-order valence-electron chi connectivity index (χ3n) is 5.58. The number of ether oxygens (including phenoxy) is 1. The minimum absolute atomic E-state index is 0.262. The SMILES string of the molecule is CCNc1cc(F)cc2c1[nH]c1ncc(-c3cnc(OC)nc3)c(N=C3CNC/C3=C/N)c12. The first-order valence-electron chi connectivity index (χ1n) is 10.6. The smallest absolute Gasteiger partial charge is 0.316 e. The highest BCUT2D eigenvalue weighted by atomic mass is 19.1. The molecule has 5 rings (SSSR count). The van der Waals surface area contributed by atoms with Crippen LogP contribution in [-0.2, 0) is 0 Å². The fourth-order valence-corrected chi connectivity index (χ4v) is 4.06. The van der Waals surface area contributed by atoms with E-state index in [-0.39, 0.29) is 11.8 Å². The summed E-state index contributed by atoms with van der Waals surface area (Å²) in [5.41, 5.74) is 11.7. The maximum Gasteiger partial charge on any atom is 0.316 e. The molecule has 0 unspecified atom stereocenters. The Kier molecular flexibility index (Phi) is 5.35. The predicted molar refractivity (Wildman–Crippen MR) is 128 cm³/mol. The van der Waals surface area contributed by atoms with Gasteiger partial charge in [0.2, 0.25) is 0 Å². The van der Waals surface area contributed by atoms with Gasteiger partial charge in [-0.2, -0.15) is 0 Å². The Labute approximate surface area is 189 Å². The molecule has 0 radical (unpaired) electrons. The van der Waals surface area contributed by atoms with E-state index in [1.54, 1.807) is 24.8 Å². The van der Waals surface area contributed by atoms with E-state index < -0.39 is 0 Å². The molecular weight excluding hydrogens is 423 g/mol. The summed E-state index contributed by atoms with van der Waals surface area (Å²) >= 11 is 0. The summed E-state index contributed by atoms with van der Waals surface area (Å²) in [5.74, 6) is -0.346. The quantitative estimate of drug-likeness (QED) is 0.371. The molecule has 0 atom stereocenters. The molecule has 0 saturated carbocycles. The van der Waals surface area contributed by atoms with E-state index in [0.717, 1.165) is 22.4 Å². The maximum absolute atomic E-state index is 14.6. The Morgan fingerprint density at radius 3 is 2.76 bits per heavy atom. The van der Waals surface area contributed by atoms with Crippen molar-refractivity contribution in [3.8, 4) is 17.1 Å². The largest absolute Gasteiger partial charge is 0.467 e. The number of rotatable bonds is 5. The lowest BCUT2D eigenvalue weighted by atomic mass is 10.0. The monoisotopic (exact) mass is 446 g/mol. The second kappa shape index (κ2) is 8.47. The number of hydrogen-bond donors (Lipinski definition) is 4. The maximum atomic E-state index is 14.6. The van der Waals surface area contributed by atoms with Gasteiger partial charge in [0.05, 0.1) is 35.1 Å². The number of H-pyrrole nitrogens is 1. The van der Waals surface area contributed by atoms with Gasteiger partial charge >= 0.3 is 6.01 Å². The fourth-order valence-electron chi connectivity index (χ4n) is 4.06. The Morgan fingerprint density at radius 2 is 2.03 bits per heavy atom. The normalized spacial score (nSPS) is 16.3. The number of anilines is 1. The Balaban J connectivity index is 1.85. The molecule has 168 valence electrons. The fraction of sp³-hybridized carbons (Fsp3) is 0.217. The molecular formula is C23H23FN8O. The van der Waals surface area contributed by atoms with Crippen LogP contribution < -0.4 is 21.1 Å². The van der Waals surface area contributed by atoms with Gasteiger partial charge in [-0.05, 0) is 19.1 Å². The molecule has 0 spiro atoms. The lowest BCUT2D eigenvalue weighted by molar-refractivity contribution is 0.380. The van der Waals surface area contributed by atoms with Crippen LogP contribution in [0.4, 0.5) is 15.8 Å². The lowest BCUT2D eigenvalue weighted by Crippen LogP contribution is -2.08. The van der Waals surface area contributed by atoms with Crippen LogP contribution in [0.3, 0.4) is 0 Å². The van der Waals surface area contributed by atoms with E-state index in [0.29, 0.717) is 53.0 Å². The van der Waals surface area contributed by atoms with Crippen LogP contribution in [0.1, 0.15) is 6.92 Å². The Bertz CT molecular complexity index is 1410. The van der Waals surface area contributed by atoms with E-state index >= 15 is 0 Å². The molecule has 4 heterocycles. The third kappa shape index (κ3) is 3.64. The minimum Gasteiger partial charge on any atom is -0.467 e. The molecule has 9 nitrogen and oxygen atoms in total. The van der Waals surface area contributed by atoms with E-state index in [9.17, 15) is 4.39 Å². The number of aromatic amines is 1. The molecule has 33 heavy (non-hydrogen) atoms. The van der Waals surface area contributed by atoms with Crippen molar-refractivity contribution >= 4 is 39.0 Å². The molecule has 10 heteroatoms. The zero-order valence-corrected chi connectivity index (χ0v) is 18.2. The molecule has 1 aromatic carbocycles. The number of halogens is 1. The van der Waals surface area contributed by atoms with Crippen LogP contribution in [0.5, 0.6) is 6.01 Å². The topological polar surface area (TPSA) is 126 Å². The number of nitrogens with one attached hydrogen (secondary N) is 3. The minimum atomic E-state index is -0.346. The van der Waals surface area contributed by atoms with Crippen molar-refractivity contribution in [1.29, 1.82) is 0 Å². The average Bonchev–Trinajstić information content (AvgIpc) is 3.44. The number of fused-ring (bicyclic) bond motifs is 3. The van der Waals surface area contributed by atoms with Crippen molar-refractivity contribution in [3.63, 3.8) is 0 Å². The number of pyridine rings is 1. The second-order valence-electron chi connectivity index (χ2n) is 7.59. The molecule has 3 aromatic heterocycles. The van der Waals surface area contributed by atoms with Gasteiger partial charge in [-0.15, -0.1) is 0 Å². The van der Waals surface area contributed by atoms with Crippen LogP contribution in [0.2, 0.25) is 0 Å². The predicted octanol–water partition coefficient (Wildman–Crippen LogP) is 3.27. The molecule has 0 amide bonds. The first-order valence-corrected chi connectivity index (χ1v) is 10.6. The molecule has 1 aliphatic rings. The Hall–Kier alpha value is -4.05. The van der Waals surface area contributed by atoms with Crippen LogP contribution in [0.25, 0.3) is 33.1 Å². The van der Waals surface area contributed by atoms with E-state index in [1.807, 2.05) is 6.92 Å². The van der Waals surface area contributed by atoms with Crippen molar-refractivity contribution in [3.05, 3.63) is 48.3 Å². The number of nitrogens with zero attached hydrogens (tertiary/aromatic N) is 4. The molecule has 1 aliphatic heterocycles. The van der Waals surface area contributed by atoms with E-state index in [2.05, 4.69) is 30.6 Å². The highest BCUT2D eigenvalue weighted by Crippen LogP contribution is 2.41. The summed E-state index contributed by atoms with van der Waals surface area (Å²) in [6.45, 7) is 3.83. The summed E-state index contributed by atoms with van der Waals surface area (Å²) in [6, 6.07) is 3.24. The van der Waals surface area contributed by atoms with Gasteiger partial charge in [-0.3, -0.25) is 4.99 Å². The summed E-state index contributed by atoms with van der Waals surface area (Å²) in [7, 11) is 1.51. The van der Waals surface area contributed by atoms with E-state index in [1.165, 1.54) is 19.2 Å². The van der Waals surface area contributed by atoms with Crippen molar-refractivity contribution in [1.82, 2.24) is 25.3 Å².